The van der Waals surface area contributed by atoms with Crippen LogP contribution in [-0.4, -0.2) is 15.0 Å². The predicted octanol–water partition coefficient (Wildman–Crippen LogP) is 15.6. The number of fused-ring (bicyclic) bond motifs is 8. The molecule has 0 amide bonds. The fraction of sp³-hybridized carbons (Fsp3) is 0.0167. The van der Waals surface area contributed by atoms with Crippen LogP contribution in [0.5, 0.6) is 0 Å². The molecule has 12 aromatic rings. The molecule has 10 aromatic carbocycles. The third kappa shape index (κ3) is 5.70. The van der Waals surface area contributed by atoms with E-state index in [1.54, 1.807) is 0 Å². The van der Waals surface area contributed by atoms with E-state index in [0.717, 1.165) is 33.0 Å². The molecule has 64 heavy (non-hydrogen) atoms. The van der Waals surface area contributed by atoms with E-state index in [1.807, 2.05) is 11.3 Å². The molecule has 0 saturated heterocycles. The molecule has 4 heteroatoms. The maximum atomic E-state index is 5.31. The number of hydrogen-bond acceptors (Lipinski definition) is 4. The summed E-state index contributed by atoms with van der Waals surface area (Å²) in [6.45, 7) is 0. The Labute approximate surface area is 374 Å². The Morgan fingerprint density at radius 3 is 1.55 bits per heavy atom. The van der Waals surface area contributed by atoms with Gasteiger partial charge in [-0.15, -0.1) is 11.3 Å². The van der Waals surface area contributed by atoms with Crippen molar-refractivity contribution in [1.29, 1.82) is 0 Å². The monoisotopic (exact) mass is 831 g/mol. The van der Waals surface area contributed by atoms with Crippen LogP contribution in [0.15, 0.2) is 224 Å². The molecule has 2 heterocycles. The first-order chi connectivity index (χ1) is 31.7. The van der Waals surface area contributed by atoms with E-state index in [0.29, 0.717) is 17.5 Å². The first kappa shape index (κ1) is 36.6. The summed E-state index contributed by atoms with van der Waals surface area (Å²) >= 11 is 1.83. The Morgan fingerprint density at radius 1 is 0.312 bits per heavy atom. The van der Waals surface area contributed by atoms with Gasteiger partial charge in [-0.3, -0.25) is 0 Å². The minimum absolute atomic E-state index is 0.469. The largest absolute Gasteiger partial charge is 0.208 e. The molecule has 13 rings (SSSR count). The Bertz CT molecular complexity index is 3750. The highest BCUT2D eigenvalue weighted by Crippen LogP contribution is 2.56. The van der Waals surface area contributed by atoms with Crippen molar-refractivity contribution in [3.05, 3.63) is 247 Å². The summed E-state index contributed by atoms with van der Waals surface area (Å²) in [6, 6.07) is 81.2. The highest BCUT2D eigenvalue weighted by Gasteiger charge is 2.46. The number of benzene rings is 10. The lowest BCUT2D eigenvalue weighted by Gasteiger charge is -2.33. The normalized spacial score (nSPS) is 12.8. The van der Waals surface area contributed by atoms with Crippen LogP contribution < -0.4 is 0 Å². The van der Waals surface area contributed by atoms with Crippen molar-refractivity contribution in [2.45, 2.75) is 5.41 Å². The third-order valence-electron chi connectivity index (χ3n) is 13.2. The Balaban J connectivity index is 0.983. The molecule has 2 aromatic heterocycles. The van der Waals surface area contributed by atoms with Crippen LogP contribution in [0.25, 0.3) is 98.1 Å². The topological polar surface area (TPSA) is 38.7 Å². The summed E-state index contributed by atoms with van der Waals surface area (Å²) in [5, 5.41) is 7.13. The molecule has 0 spiro atoms. The van der Waals surface area contributed by atoms with Crippen LogP contribution in [0, 0.1) is 0 Å². The SMILES string of the molecule is c1ccc(C2(c3ccc4c(c3)sc3cccc(-c5nc(-c6ccc(-c7ccc8ccccc8c7)cc6)nc(-c6ccc7ccccc7c6)n5)c34)c3ccccc3-c3ccccc32)cc1. The van der Waals surface area contributed by atoms with Gasteiger partial charge in [-0.1, -0.05) is 200 Å². The molecule has 0 atom stereocenters. The second kappa shape index (κ2) is 14.5. The molecule has 0 saturated carbocycles. The smallest absolute Gasteiger partial charge is 0.164 e. The first-order valence-electron chi connectivity index (χ1n) is 21.7. The Kier molecular flexibility index (Phi) is 8.30. The average molecular weight is 832 g/mol. The second-order valence-electron chi connectivity index (χ2n) is 16.7. The molecule has 0 fully saturated rings. The van der Waals surface area contributed by atoms with Crippen LogP contribution in [0.4, 0.5) is 0 Å². The van der Waals surface area contributed by atoms with E-state index in [2.05, 4.69) is 224 Å². The summed E-state index contributed by atoms with van der Waals surface area (Å²) in [5.74, 6) is 1.94. The van der Waals surface area contributed by atoms with Crippen molar-refractivity contribution in [2.75, 3.05) is 0 Å². The number of rotatable bonds is 6. The van der Waals surface area contributed by atoms with Crippen LogP contribution in [-0.2, 0) is 5.41 Å². The zero-order valence-electron chi connectivity index (χ0n) is 34.6. The van der Waals surface area contributed by atoms with E-state index >= 15 is 0 Å². The van der Waals surface area contributed by atoms with Gasteiger partial charge < -0.3 is 0 Å². The molecule has 3 nitrogen and oxygen atoms in total. The van der Waals surface area contributed by atoms with Crippen molar-refractivity contribution >= 4 is 53.1 Å². The van der Waals surface area contributed by atoms with Crippen LogP contribution >= 0.6 is 11.3 Å². The lowest BCUT2D eigenvalue weighted by atomic mass is 9.67. The summed E-state index contributed by atoms with van der Waals surface area (Å²) in [6.07, 6.45) is 0. The molecule has 1 aliphatic rings. The fourth-order valence-electron chi connectivity index (χ4n) is 10.2. The van der Waals surface area contributed by atoms with Gasteiger partial charge >= 0.3 is 0 Å². The van der Waals surface area contributed by atoms with Crippen molar-refractivity contribution in [3.63, 3.8) is 0 Å². The van der Waals surface area contributed by atoms with E-state index in [9.17, 15) is 0 Å². The molecule has 0 unspecified atom stereocenters. The zero-order valence-corrected chi connectivity index (χ0v) is 35.4. The Morgan fingerprint density at radius 2 is 0.844 bits per heavy atom. The van der Waals surface area contributed by atoms with Crippen molar-refractivity contribution < 1.29 is 0 Å². The number of nitrogens with zero attached hydrogens (tertiary/aromatic N) is 3. The maximum absolute atomic E-state index is 5.31. The second-order valence-corrected chi connectivity index (χ2v) is 17.8. The maximum Gasteiger partial charge on any atom is 0.164 e. The van der Waals surface area contributed by atoms with E-state index in [-0.39, 0.29) is 0 Å². The number of thiophene rings is 1. The van der Waals surface area contributed by atoms with Crippen LogP contribution in [0.2, 0.25) is 0 Å². The van der Waals surface area contributed by atoms with Gasteiger partial charge in [0, 0.05) is 36.9 Å². The zero-order chi connectivity index (χ0) is 42.2. The number of aromatic nitrogens is 3. The molecule has 0 N–H and O–H groups in total. The van der Waals surface area contributed by atoms with Gasteiger partial charge in [-0.05, 0) is 90.3 Å². The average Bonchev–Trinajstić information content (AvgIpc) is 3.90. The van der Waals surface area contributed by atoms with Crippen molar-refractivity contribution in [3.8, 4) is 56.4 Å². The van der Waals surface area contributed by atoms with Gasteiger partial charge in [0.05, 0.1) is 5.41 Å². The van der Waals surface area contributed by atoms with Crippen molar-refractivity contribution in [2.24, 2.45) is 0 Å². The molecule has 0 aliphatic heterocycles. The van der Waals surface area contributed by atoms with Gasteiger partial charge in [-0.2, -0.15) is 0 Å². The van der Waals surface area contributed by atoms with E-state index in [1.165, 1.54) is 69.9 Å². The summed E-state index contributed by atoms with van der Waals surface area (Å²) in [4.78, 5) is 15.8. The minimum atomic E-state index is -0.469. The van der Waals surface area contributed by atoms with Gasteiger partial charge in [0.25, 0.3) is 0 Å². The minimum Gasteiger partial charge on any atom is -0.208 e. The summed E-state index contributed by atoms with van der Waals surface area (Å²) < 4.78 is 2.42. The molecular formula is C60H37N3S. The summed E-state index contributed by atoms with van der Waals surface area (Å²) in [7, 11) is 0. The van der Waals surface area contributed by atoms with E-state index in [4.69, 9.17) is 15.0 Å². The molecule has 0 bridgehead atoms. The van der Waals surface area contributed by atoms with E-state index < -0.39 is 5.41 Å². The molecule has 0 radical (unpaired) electrons. The lowest BCUT2D eigenvalue weighted by Crippen LogP contribution is -2.28. The molecule has 298 valence electrons. The van der Waals surface area contributed by atoms with Gasteiger partial charge in [-0.25, -0.2) is 15.0 Å². The van der Waals surface area contributed by atoms with Crippen molar-refractivity contribution in [1.82, 2.24) is 15.0 Å². The number of hydrogen-bond donors (Lipinski definition) is 0. The predicted molar refractivity (Wildman–Crippen MR) is 267 cm³/mol. The van der Waals surface area contributed by atoms with Gasteiger partial charge in [0.15, 0.2) is 17.5 Å². The molecule has 1 aliphatic carbocycles. The standard InChI is InChI=1S/C60H37N3S/c1-2-17-46(18-3-1)60(52-22-10-8-19-48(52)49-20-9-11-23-53(49)60)47-33-34-50-55(37-47)64-54-24-12-21-51(56(50)54)59-62-57(61-58(63-59)45-32-28-39-14-5-7-16-43(39)36-45)41-29-25-40(26-30-41)44-31-27-38-13-4-6-15-42(38)35-44/h1-37H. The highest BCUT2D eigenvalue weighted by molar-refractivity contribution is 7.26. The third-order valence-corrected chi connectivity index (χ3v) is 14.3. The molecular weight excluding hydrogens is 795 g/mol. The van der Waals surface area contributed by atoms with Crippen LogP contribution in [0.3, 0.4) is 0 Å². The highest BCUT2D eigenvalue weighted by atomic mass is 32.1. The van der Waals surface area contributed by atoms with Gasteiger partial charge in [0.2, 0.25) is 0 Å². The quantitative estimate of drug-likeness (QED) is 0.168. The van der Waals surface area contributed by atoms with Gasteiger partial charge in [0.1, 0.15) is 0 Å². The van der Waals surface area contributed by atoms with Crippen LogP contribution in [0.1, 0.15) is 22.3 Å². The summed E-state index contributed by atoms with van der Waals surface area (Å²) in [5.41, 5.74) is 12.4. The fourth-order valence-corrected chi connectivity index (χ4v) is 11.4. The Hall–Kier alpha value is -8.05. The lowest BCUT2D eigenvalue weighted by molar-refractivity contribution is 0.770. The first-order valence-corrected chi connectivity index (χ1v) is 22.6.